The zero-order valence-corrected chi connectivity index (χ0v) is 12.3. The van der Waals surface area contributed by atoms with Crippen LogP contribution in [0.15, 0.2) is 42.5 Å². The molecule has 110 valence electrons. The summed E-state index contributed by atoms with van der Waals surface area (Å²) in [6.45, 7) is 3.23. The second kappa shape index (κ2) is 5.86. The van der Waals surface area contributed by atoms with Crippen molar-refractivity contribution in [2.75, 3.05) is 18.0 Å². The Labute approximate surface area is 125 Å². The van der Waals surface area contributed by atoms with E-state index < -0.39 is 0 Å². The summed E-state index contributed by atoms with van der Waals surface area (Å²) in [6, 6.07) is 13.9. The molecule has 2 aromatic rings. The Bertz CT molecular complexity index is 639. The molecule has 2 nitrogen and oxygen atoms in total. The normalized spacial score (nSPS) is 15.7. The lowest BCUT2D eigenvalue weighted by atomic mass is 9.96. The third kappa shape index (κ3) is 2.66. The van der Waals surface area contributed by atoms with E-state index >= 15 is 0 Å². The zero-order chi connectivity index (χ0) is 14.8. The smallest absolute Gasteiger partial charge is 0.126 e. The van der Waals surface area contributed by atoms with E-state index in [-0.39, 0.29) is 11.9 Å². The first kappa shape index (κ1) is 14.1. The predicted octanol–water partition coefficient (Wildman–Crippen LogP) is 3.59. The van der Waals surface area contributed by atoms with Crippen LogP contribution in [0, 0.1) is 12.7 Å². The predicted molar refractivity (Wildman–Crippen MR) is 85.0 cm³/mol. The molecule has 0 radical (unpaired) electrons. The van der Waals surface area contributed by atoms with Gasteiger partial charge in [0.25, 0.3) is 0 Å². The Balaban J connectivity index is 1.99. The van der Waals surface area contributed by atoms with Gasteiger partial charge < -0.3 is 10.6 Å². The molecular formula is C18H21FN2. The van der Waals surface area contributed by atoms with Gasteiger partial charge >= 0.3 is 0 Å². The number of para-hydroxylation sites is 1. The summed E-state index contributed by atoms with van der Waals surface area (Å²) >= 11 is 0. The first-order valence-corrected chi connectivity index (χ1v) is 7.51. The van der Waals surface area contributed by atoms with Crippen molar-refractivity contribution in [3.8, 4) is 0 Å². The third-order valence-electron chi connectivity index (χ3n) is 4.33. The number of nitrogens with zero attached hydrogens (tertiary/aromatic N) is 1. The molecule has 0 saturated heterocycles. The zero-order valence-electron chi connectivity index (χ0n) is 12.3. The van der Waals surface area contributed by atoms with Gasteiger partial charge in [-0.05, 0) is 48.6 Å². The number of benzene rings is 2. The molecule has 1 unspecified atom stereocenters. The quantitative estimate of drug-likeness (QED) is 0.933. The minimum absolute atomic E-state index is 0.0292. The second-order valence-electron chi connectivity index (χ2n) is 5.69. The fraction of sp³-hybridized carbons (Fsp3) is 0.333. The summed E-state index contributed by atoms with van der Waals surface area (Å²) in [5.41, 5.74) is 10.2. The van der Waals surface area contributed by atoms with Gasteiger partial charge in [-0.25, -0.2) is 4.39 Å². The first-order valence-electron chi connectivity index (χ1n) is 7.51. The standard InChI is InChI=1S/C18H21FN2/c1-13-8-9-15(11-16(13)19)18(12-20)21-10-4-6-14-5-2-3-7-17(14)21/h2-3,5,7-9,11,18H,4,6,10,12,20H2,1H3. The number of fused-ring (bicyclic) bond motifs is 1. The Morgan fingerprint density at radius 3 is 2.81 bits per heavy atom. The Morgan fingerprint density at radius 1 is 1.24 bits per heavy atom. The van der Waals surface area contributed by atoms with Crippen LogP contribution in [0.4, 0.5) is 10.1 Å². The van der Waals surface area contributed by atoms with Crippen LogP contribution < -0.4 is 10.6 Å². The summed E-state index contributed by atoms with van der Waals surface area (Å²) in [7, 11) is 0. The van der Waals surface area contributed by atoms with Crippen LogP contribution in [0.1, 0.15) is 29.2 Å². The number of hydrogen-bond acceptors (Lipinski definition) is 2. The topological polar surface area (TPSA) is 29.3 Å². The van der Waals surface area contributed by atoms with Gasteiger partial charge in [0.2, 0.25) is 0 Å². The maximum absolute atomic E-state index is 13.9. The molecular weight excluding hydrogens is 263 g/mol. The summed E-state index contributed by atoms with van der Waals surface area (Å²) < 4.78 is 13.9. The van der Waals surface area contributed by atoms with Crippen molar-refractivity contribution in [2.24, 2.45) is 5.73 Å². The van der Waals surface area contributed by atoms with E-state index in [4.69, 9.17) is 5.73 Å². The Kier molecular flexibility index (Phi) is 3.93. The highest BCUT2D eigenvalue weighted by Crippen LogP contribution is 2.34. The van der Waals surface area contributed by atoms with Crippen LogP contribution in [0.25, 0.3) is 0 Å². The van der Waals surface area contributed by atoms with E-state index in [9.17, 15) is 4.39 Å². The van der Waals surface area contributed by atoms with Gasteiger partial charge in [0.1, 0.15) is 5.82 Å². The summed E-state index contributed by atoms with van der Waals surface area (Å²) in [4.78, 5) is 2.32. The highest BCUT2D eigenvalue weighted by molar-refractivity contribution is 5.57. The average molecular weight is 284 g/mol. The van der Waals surface area contributed by atoms with Crippen LogP contribution in [0.5, 0.6) is 0 Å². The van der Waals surface area contributed by atoms with E-state index in [0.29, 0.717) is 12.1 Å². The van der Waals surface area contributed by atoms with E-state index in [0.717, 1.165) is 24.9 Å². The van der Waals surface area contributed by atoms with E-state index in [2.05, 4.69) is 29.2 Å². The molecule has 1 heterocycles. The Hall–Kier alpha value is -1.87. The molecule has 0 aliphatic carbocycles. The van der Waals surface area contributed by atoms with Crippen molar-refractivity contribution in [3.63, 3.8) is 0 Å². The molecule has 0 amide bonds. The number of nitrogens with two attached hydrogens (primary N) is 1. The van der Waals surface area contributed by atoms with Crippen molar-refractivity contribution in [3.05, 3.63) is 65.0 Å². The number of hydrogen-bond donors (Lipinski definition) is 1. The lowest BCUT2D eigenvalue weighted by Gasteiger charge is -2.38. The number of rotatable bonds is 3. The van der Waals surface area contributed by atoms with Crippen molar-refractivity contribution < 1.29 is 4.39 Å². The molecule has 0 fully saturated rings. The number of anilines is 1. The SMILES string of the molecule is Cc1ccc(C(CN)N2CCCc3ccccc32)cc1F. The highest BCUT2D eigenvalue weighted by atomic mass is 19.1. The fourth-order valence-electron chi connectivity index (χ4n) is 3.15. The van der Waals surface area contributed by atoms with Gasteiger partial charge in [-0.3, -0.25) is 0 Å². The minimum atomic E-state index is -0.156. The molecule has 3 rings (SSSR count). The lowest BCUT2D eigenvalue weighted by molar-refractivity contribution is 0.575. The largest absolute Gasteiger partial charge is 0.363 e. The third-order valence-corrected chi connectivity index (χ3v) is 4.33. The molecule has 2 aromatic carbocycles. The lowest BCUT2D eigenvalue weighted by Crippen LogP contribution is -2.37. The van der Waals surface area contributed by atoms with E-state index in [1.807, 2.05) is 12.1 Å². The van der Waals surface area contributed by atoms with Crippen molar-refractivity contribution in [2.45, 2.75) is 25.8 Å². The van der Waals surface area contributed by atoms with Crippen LogP contribution in [0.2, 0.25) is 0 Å². The Morgan fingerprint density at radius 2 is 2.05 bits per heavy atom. The second-order valence-corrected chi connectivity index (χ2v) is 5.69. The molecule has 21 heavy (non-hydrogen) atoms. The number of aryl methyl sites for hydroxylation is 2. The van der Waals surface area contributed by atoms with Gasteiger partial charge in [-0.2, -0.15) is 0 Å². The molecule has 1 aliphatic rings. The van der Waals surface area contributed by atoms with Crippen LogP contribution in [-0.4, -0.2) is 13.1 Å². The van der Waals surface area contributed by atoms with Crippen molar-refractivity contribution in [1.29, 1.82) is 0 Å². The van der Waals surface area contributed by atoms with Crippen LogP contribution >= 0.6 is 0 Å². The molecule has 0 bridgehead atoms. The molecule has 0 spiro atoms. The average Bonchev–Trinajstić information content (AvgIpc) is 2.52. The monoisotopic (exact) mass is 284 g/mol. The molecule has 3 heteroatoms. The number of halogens is 1. The summed E-state index contributed by atoms with van der Waals surface area (Å²) in [5.74, 6) is -0.156. The highest BCUT2D eigenvalue weighted by Gasteiger charge is 2.24. The molecule has 1 aliphatic heterocycles. The molecule has 0 aromatic heterocycles. The van der Waals surface area contributed by atoms with Crippen LogP contribution in [0.3, 0.4) is 0 Å². The minimum Gasteiger partial charge on any atom is -0.363 e. The fourth-order valence-corrected chi connectivity index (χ4v) is 3.15. The van der Waals surface area contributed by atoms with Gasteiger partial charge in [-0.1, -0.05) is 30.3 Å². The maximum atomic E-state index is 13.9. The van der Waals surface area contributed by atoms with Gasteiger partial charge in [0.05, 0.1) is 6.04 Å². The van der Waals surface area contributed by atoms with E-state index in [1.54, 1.807) is 13.0 Å². The first-order chi connectivity index (χ1) is 10.2. The molecule has 1 atom stereocenters. The van der Waals surface area contributed by atoms with Crippen LogP contribution in [-0.2, 0) is 6.42 Å². The molecule has 2 N–H and O–H groups in total. The summed E-state index contributed by atoms with van der Waals surface area (Å²) in [6.07, 6.45) is 2.22. The summed E-state index contributed by atoms with van der Waals surface area (Å²) in [5, 5.41) is 0. The van der Waals surface area contributed by atoms with Crippen molar-refractivity contribution >= 4 is 5.69 Å². The van der Waals surface area contributed by atoms with E-state index in [1.165, 1.54) is 11.3 Å². The van der Waals surface area contributed by atoms with Gasteiger partial charge in [0, 0.05) is 18.8 Å². The molecule has 0 saturated carbocycles. The maximum Gasteiger partial charge on any atom is 0.126 e. The van der Waals surface area contributed by atoms with Gasteiger partial charge in [0.15, 0.2) is 0 Å². The van der Waals surface area contributed by atoms with Gasteiger partial charge in [-0.15, -0.1) is 0 Å². The van der Waals surface area contributed by atoms with Crippen molar-refractivity contribution in [1.82, 2.24) is 0 Å².